The van der Waals surface area contributed by atoms with Crippen molar-refractivity contribution in [2.75, 3.05) is 0 Å². The van der Waals surface area contributed by atoms with Gasteiger partial charge in [0, 0.05) is 57.0 Å². The first-order valence-corrected chi connectivity index (χ1v) is 14.7. The van der Waals surface area contributed by atoms with Gasteiger partial charge >= 0.3 is 7.69 Å². The fourth-order valence-electron chi connectivity index (χ4n) is 5.32. The maximum atomic E-state index is 9.02. The molecule has 5 nitrogen and oxygen atoms in total. The molecule has 0 unspecified atom stereocenters. The Balaban J connectivity index is 1.37. The third-order valence-electron chi connectivity index (χ3n) is 7.22. The molecule has 0 fully saturated rings. The molecule has 193 valence electrons. The minimum Gasteiger partial charge on any atom is -0.537 e. The molecule has 3 aromatic heterocycles. The largest absolute Gasteiger partial charge is 0.569 e. The molecule has 1 radical (unpaired) electrons. The smallest absolute Gasteiger partial charge is 0.537 e. The molecule has 0 saturated carbocycles. The normalized spacial score (nSPS) is 11.5. The zero-order valence-corrected chi connectivity index (χ0v) is 23.1. The van der Waals surface area contributed by atoms with E-state index in [1.165, 1.54) is 35.0 Å². The van der Waals surface area contributed by atoms with Gasteiger partial charge in [0.1, 0.15) is 5.75 Å². The molecular formula is C33H19BN3O2S2. The van der Waals surface area contributed by atoms with Gasteiger partial charge in [-0.1, -0.05) is 48.5 Å². The molecule has 0 saturated heterocycles. The second-order valence-electron chi connectivity index (χ2n) is 9.64. The molecule has 5 aromatic carbocycles. The van der Waals surface area contributed by atoms with Crippen LogP contribution in [0.1, 0.15) is 0 Å². The molecule has 0 aliphatic rings. The van der Waals surface area contributed by atoms with Crippen molar-refractivity contribution < 1.29 is 9.68 Å². The van der Waals surface area contributed by atoms with E-state index in [0.717, 1.165) is 22.1 Å². The predicted octanol–water partition coefficient (Wildman–Crippen LogP) is 8.51. The van der Waals surface area contributed by atoms with Crippen molar-refractivity contribution in [2.24, 2.45) is 0 Å². The van der Waals surface area contributed by atoms with Crippen LogP contribution in [0.3, 0.4) is 0 Å². The van der Waals surface area contributed by atoms with Crippen LogP contribution in [0, 0.1) is 0 Å². The van der Waals surface area contributed by atoms with Gasteiger partial charge in [-0.2, -0.15) is 0 Å². The van der Waals surface area contributed by atoms with Gasteiger partial charge in [0.05, 0.1) is 0 Å². The minimum absolute atomic E-state index is 0.523. The van der Waals surface area contributed by atoms with E-state index in [9.17, 15) is 0 Å². The average molecular weight is 564 g/mol. The van der Waals surface area contributed by atoms with Crippen LogP contribution in [0.2, 0.25) is 0 Å². The summed E-state index contributed by atoms with van der Waals surface area (Å²) < 4.78 is 10.0. The Kier molecular flexibility index (Phi) is 5.77. The first kappa shape index (κ1) is 24.2. The average Bonchev–Trinajstić information content (AvgIpc) is 3.59. The van der Waals surface area contributed by atoms with E-state index >= 15 is 0 Å². The van der Waals surface area contributed by atoms with Gasteiger partial charge in [0.25, 0.3) is 0 Å². The maximum Gasteiger partial charge on any atom is 0.569 e. The van der Waals surface area contributed by atoms with E-state index in [4.69, 9.17) is 24.6 Å². The van der Waals surface area contributed by atoms with Gasteiger partial charge < -0.3 is 9.68 Å². The predicted molar refractivity (Wildman–Crippen MR) is 171 cm³/mol. The Labute approximate surface area is 243 Å². The molecule has 0 amide bonds. The summed E-state index contributed by atoms with van der Waals surface area (Å²) >= 11 is 3.56. The second kappa shape index (κ2) is 9.78. The molecule has 0 spiro atoms. The van der Waals surface area contributed by atoms with E-state index in [-0.39, 0.29) is 0 Å². The lowest BCUT2D eigenvalue weighted by Gasteiger charge is -2.10. The van der Waals surface area contributed by atoms with Crippen LogP contribution >= 0.6 is 22.7 Å². The third-order valence-corrected chi connectivity index (χ3v) is 9.50. The number of hydrogen-bond donors (Lipinski definition) is 1. The van der Waals surface area contributed by atoms with Crippen molar-refractivity contribution in [3.05, 3.63) is 109 Å². The lowest BCUT2D eigenvalue weighted by atomic mass is 10.1. The van der Waals surface area contributed by atoms with E-state index < -0.39 is 0 Å². The summed E-state index contributed by atoms with van der Waals surface area (Å²) in [5, 5.41) is 13.8. The molecule has 0 bridgehead atoms. The second-order valence-corrected chi connectivity index (χ2v) is 11.8. The zero-order chi connectivity index (χ0) is 27.3. The van der Waals surface area contributed by atoms with Gasteiger partial charge in [0.15, 0.2) is 17.5 Å². The van der Waals surface area contributed by atoms with E-state index in [0.29, 0.717) is 30.9 Å². The lowest BCUT2D eigenvalue weighted by Crippen LogP contribution is -2.01. The number of aromatic nitrogens is 3. The van der Waals surface area contributed by atoms with E-state index in [1.807, 2.05) is 12.1 Å². The van der Waals surface area contributed by atoms with Gasteiger partial charge in [0.2, 0.25) is 0 Å². The molecule has 8 heteroatoms. The zero-order valence-electron chi connectivity index (χ0n) is 21.5. The molecule has 0 aliphatic carbocycles. The third kappa shape index (κ3) is 4.16. The molecule has 41 heavy (non-hydrogen) atoms. The topological polar surface area (TPSA) is 68.1 Å². The SMILES string of the molecule is O[B]Oc1ccc(-c2nc(-c3ccc4sc5ccccc5c4c3)nc(-c3cccc4sc5ccccc5c34)n2)cc1. The number of fused-ring (bicyclic) bond motifs is 6. The maximum absolute atomic E-state index is 9.02. The van der Waals surface area contributed by atoms with Crippen LogP contribution in [-0.2, 0) is 0 Å². The summed E-state index contributed by atoms with van der Waals surface area (Å²) in [7, 11) is 0.671. The number of nitrogens with zero attached hydrogens (tertiary/aromatic N) is 3. The lowest BCUT2D eigenvalue weighted by molar-refractivity contribution is 0.454. The monoisotopic (exact) mass is 564 g/mol. The molecule has 8 aromatic rings. The number of thiophene rings is 2. The highest BCUT2D eigenvalue weighted by Gasteiger charge is 2.17. The highest BCUT2D eigenvalue weighted by molar-refractivity contribution is 7.26. The van der Waals surface area contributed by atoms with Gasteiger partial charge in [-0.25, -0.2) is 15.0 Å². The summed E-state index contributed by atoms with van der Waals surface area (Å²) in [6, 6.07) is 37.0. The fraction of sp³-hybridized carbons (Fsp3) is 0. The van der Waals surface area contributed by atoms with Crippen LogP contribution in [0.25, 0.3) is 74.5 Å². The van der Waals surface area contributed by atoms with Crippen molar-refractivity contribution in [2.45, 2.75) is 0 Å². The van der Waals surface area contributed by atoms with Gasteiger partial charge in [-0.3, -0.25) is 0 Å². The van der Waals surface area contributed by atoms with Gasteiger partial charge in [-0.15, -0.1) is 22.7 Å². The highest BCUT2D eigenvalue weighted by atomic mass is 32.1. The van der Waals surface area contributed by atoms with Crippen molar-refractivity contribution in [1.29, 1.82) is 0 Å². The number of benzene rings is 5. The summed E-state index contributed by atoms with van der Waals surface area (Å²) in [5.74, 6) is 2.33. The van der Waals surface area contributed by atoms with Crippen molar-refractivity contribution in [3.63, 3.8) is 0 Å². The summed E-state index contributed by atoms with van der Waals surface area (Å²) in [6.07, 6.45) is 0. The summed E-state index contributed by atoms with van der Waals surface area (Å²) in [6.45, 7) is 0. The Morgan fingerprint density at radius 3 is 1.95 bits per heavy atom. The van der Waals surface area contributed by atoms with Crippen molar-refractivity contribution in [1.82, 2.24) is 15.0 Å². The summed E-state index contributed by atoms with van der Waals surface area (Å²) in [5.41, 5.74) is 2.73. The number of rotatable bonds is 5. The summed E-state index contributed by atoms with van der Waals surface area (Å²) in [4.78, 5) is 15.0. The van der Waals surface area contributed by atoms with E-state index in [1.54, 1.807) is 34.8 Å². The quantitative estimate of drug-likeness (QED) is 0.212. The van der Waals surface area contributed by atoms with Crippen LogP contribution in [0.4, 0.5) is 0 Å². The Hall–Kier alpha value is -4.63. The minimum atomic E-state index is 0.523. The van der Waals surface area contributed by atoms with E-state index in [2.05, 4.69) is 84.9 Å². The Morgan fingerprint density at radius 1 is 0.537 bits per heavy atom. The highest BCUT2D eigenvalue weighted by Crippen LogP contribution is 2.40. The van der Waals surface area contributed by atoms with Crippen LogP contribution in [-0.4, -0.2) is 27.7 Å². The van der Waals surface area contributed by atoms with Gasteiger partial charge in [-0.05, 0) is 60.7 Å². The molecular weight excluding hydrogens is 545 g/mol. The first-order chi connectivity index (χ1) is 20.2. The van der Waals surface area contributed by atoms with Crippen LogP contribution < -0.4 is 4.65 Å². The van der Waals surface area contributed by atoms with Crippen LogP contribution in [0.5, 0.6) is 5.75 Å². The molecule has 1 N–H and O–H groups in total. The number of hydrogen-bond acceptors (Lipinski definition) is 7. The van der Waals surface area contributed by atoms with Crippen molar-refractivity contribution >= 4 is 70.7 Å². The Morgan fingerprint density at radius 2 is 1.15 bits per heavy atom. The fourth-order valence-corrected chi connectivity index (χ4v) is 7.54. The Bertz CT molecular complexity index is 2240. The molecule has 3 heterocycles. The van der Waals surface area contributed by atoms with Crippen molar-refractivity contribution in [3.8, 4) is 39.9 Å². The standard InChI is InChI=1S/C33H19BN3O2S2/c38-34-39-21-15-12-19(13-16-21)31-35-32(20-14-17-28-25(18-20)22-6-1-3-9-26(22)40-28)37-33(36-31)24-8-5-11-29-30(24)23-7-2-4-10-27(23)41-29/h1-18,38H. The molecule has 8 rings (SSSR count). The molecule has 0 atom stereocenters. The first-order valence-electron chi connectivity index (χ1n) is 13.1. The molecule has 0 aliphatic heterocycles. The van der Waals surface area contributed by atoms with Crippen LogP contribution in [0.15, 0.2) is 109 Å².